The molecule has 1 saturated carbocycles. The zero-order valence-corrected chi connectivity index (χ0v) is 21.7. The fraction of sp³-hybridized carbons (Fsp3) is 0.467. The van der Waals surface area contributed by atoms with Gasteiger partial charge in [0.1, 0.15) is 17.0 Å². The predicted molar refractivity (Wildman–Crippen MR) is 144 cm³/mol. The fourth-order valence-corrected chi connectivity index (χ4v) is 5.86. The van der Waals surface area contributed by atoms with Crippen molar-refractivity contribution in [3.8, 4) is 5.75 Å². The lowest BCUT2D eigenvalue weighted by Gasteiger charge is -2.44. The SMILES string of the molecule is CCc1cccc(N2C(=O)c3cc4ccc(OC)cc4n3C[C@]2(C)C(=O)NC2CCCCCCC2)c1. The monoisotopic (exact) mass is 487 g/mol. The van der Waals surface area contributed by atoms with Crippen molar-refractivity contribution in [3.05, 3.63) is 59.8 Å². The molecule has 2 amide bonds. The van der Waals surface area contributed by atoms with Crippen LogP contribution < -0.4 is 15.0 Å². The maximum Gasteiger partial charge on any atom is 0.275 e. The largest absolute Gasteiger partial charge is 0.497 e. The first-order valence-corrected chi connectivity index (χ1v) is 13.4. The highest BCUT2D eigenvalue weighted by atomic mass is 16.5. The van der Waals surface area contributed by atoms with E-state index in [4.69, 9.17) is 4.74 Å². The summed E-state index contributed by atoms with van der Waals surface area (Å²) in [6.07, 6.45) is 8.84. The Kier molecular flexibility index (Phi) is 6.78. The number of amides is 2. The van der Waals surface area contributed by atoms with Gasteiger partial charge in [-0.15, -0.1) is 0 Å². The average molecular weight is 488 g/mol. The van der Waals surface area contributed by atoms with Crippen LogP contribution in [0.1, 0.15) is 74.8 Å². The number of fused-ring (bicyclic) bond motifs is 3. The number of aryl methyl sites for hydroxylation is 1. The van der Waals surface area contributed by atoms with E-state index in [1.165, 1.54) is 19.3 Å². The Morgan fingerprint density at radius 1 is 1.06 bits per heavy atom. The lowest BCUT2D eigenvalue weighted by molar-refractivity contribution is -0.127. The molecular formula is C30H37N3O3. The molecule has 6 nitrogen and oxygen atoms in total. The second-order valence-electron chi connectivity index (χ2n) is 10.5. The van der Waals surface area contributed by atoms with Crippen molar-refractivity contribution in [2.75, 3.05) is 12.0 Å². The minimum absolute atomic E-state index is 0.0845. The van der Waals surface area contributed by atoms with E-state index in [0.717, 1.165) is 60.0 Å². The number of anilines is 1. The van der Waals surface area contributed by atoms with Gasteiger partial charge in [0.2, 0.25) is 5.91 Å². The summed E-state index contributed by atoms with van der Waals surface area (Å²) in [5.41, 5.74) is 2.33. The molecule has 5 rings (SSSR count). The van der Waals surface area contributed by atoms with E-state index in [2.05, 4.69) is 18.3 Å². The zero-order valence-electron chi connectivity index (χ0n) is 21.7. The highest BCUT2D eigenvalue weighted by molar-refractivity contribution is 6.14. The van der Waals surface area contributed by atoms with Crippen molar-refractivity contribution < 1.29 is 14.3 Å². The fourth-order valence-electron chi connectivity index (χ4n) is 5.86. The standard InChI is InChI=1S/C30H37N3O3/c1-4-21-11-10-14-24(17-21)33-28(34)27-18-22-15-16-25(36-3)19-26(22)32(27)20-30(33,2)29(35)31-23-12-8-6-5-7-9-13-23/h10-11,14-19,23H,4-9,12-13,20H2,1-3H3,(H,31,35)/t30-/m1/s1. The number of carbonyl (C=O) groups is 2. The maximum atomic E-state index is 14.1. The summed E-state index contributed by atoms with van der Waals surface area (Å²) in [4.78, 5) is 30.0. The summed E-state index contributed by atoms with van der Waals surface area (Å²) >= 11 is 0. The summed E-state index contributed by atoms with van der Waals surface area (Å²) in [6, 6.07) is 15.9. The third kappa shape index (κ3) is 4.38. The minimum Gasteiger partial charge on any atom is -0.497 e. The van der Waals surface area contributed by atoms with Crippen molar-refractivity contribution in [1.29, 1.82) is 0 Å². The van der Waals surface area contributed by atoms with Crippen LogP contribution in [0, 0.1) is 0 Å². The molecule has 2 aromatic carbocycles. The maximum absolute atomic E-state index is 14.1. The molecule has 0 unspecified atom stereocenters. The smallest absolute Gasteiger partial charge is 0.275 e. The van der Waals surface area contributed by atoms with E-state index in [1.54, 1.807) is 12.0 Å². The normalized spacial score (nSPS) is 21.1. The van der Waals surface area contributed by atoms with E-state index in [1.807, 2.05) is 54.0 Å². The van der Waals surface area contributed by atoms with Crippen LogP contribution in [0.2, 0.25) is 0 Å². The number of hydrogen-bond donors (Lipinski definition) is 1. The Hall–Kier alpha value is -3.28. The number of hydrogen-bond acceptors (Lipinski definition) is 3. The summed E-state index contributed by atoms with van der Waals surface area (Å²) in [5.74, 6) is 0.494. The third-order valence-electron chi connectivity index (χ3n) is 8.00. The Labute approximate surface area is 213 Å². The first-order chi connectivity index (χ1) is 17.4. The van der Waals surface area contributed by atoms with Crippen LogP contribution in [0.3, 0.4) is 0 Å². The van der Waals surface area contributed by atoms with Gasteiger partial charge in [0.05, 0.1) is 19.2 Å². The van der Waals surface area contributed by atoms with Crippen LogP contribution in [0.15, 0.2) is 48.5 Å². The van der Waals surface area contributed by atoms with Gasteiger partial charge in [-0.2, -0.15) is 0 Å². The van der Waals surface area contributed by atoms with Crippen LogP contribution in [0.5, 0.6) is 5.75 Å². The Bertz CT molecular complexity index is 1270. The number of nitrogens with zero attached hydrogens (tertiary/aromatic N) is 2. The highest BCUT2D eigenvalue weighted by Gasteiger charge is 2.49. The van der Waals surface area contributed by atoms with E-state index in [0.29, 0.717) is 12.2 Å². The van der Waals surface area contributed by atoms with Gasteiger partial charge in [-0.3, -0.25) is 14.5 Å². The number of aromatic nitrogens is 1. The van der Waals surface area contributed by atoms with Crippen LogP contribution in [-0.2, 0) is 17.8 Å². The van der Waals surface area contributed by atoms with Crippen LogP contribution >= 0.6 is 0 Å². The van der Waals surface area contributed by atoms with E-state index in [-0.39, 0.29) is 17.9 Å². The van der Waals surface area contributed by atoms with Gasteiger partial charge in [0.15, 0.2) is 0 Å². The molecule has 2 heterocycles. The molecule has 3 aromatic rings. The molecule has 1 aliphatic heterocycles. The van der Waals surface area contributed by atoms with Crippen molar-refractivity contribution in [2.45, 2.75) is 83.3 Å². The summed E-state index contributed by atoms with van der Waals surface area (Å²) in [7, 11) is 1.64. The molecule has 1 fully saturated rings. The molecule has 1 atom stereocenters. The zero-order chi connectivity index (χ0) is 25.3. The van der Waals surface area contributed by atoms with Crippen molar-refractivity contribution >= 4 is 28.4 Å². The quantitative estimate of drug-likeness (QED) is 0.490. The van der Waals surface area contributed by atoms with E-state index < -0.39 is 5.54 Å². The number of benzene rings is 2. The van der Waals surface area contributed by atoms with Crippen molar-refractivity contribution in [2.24, 2.45) is 0 Å². The first-order valence-electron chi connectivity index (χ1n) is 13.4. The van der Waals surface area contributed by atoms with Gasteiger partial charge in [-0.25, -0.2) is 0 Å². The molecule has 1 N–H and O–H groups in total. The van der Waals surface area contributed by atoms with Crippen LogP contribution in [0.4, 0.5) is 5.69 Å². The molecule has 190 valence electrons. The summed E-state index contributed by atoms with van der Waals surface area (Å²) < 4.78 is 7.46. The van der Waals surface area contributed by atoms with Gasteiger partial charge in [0, 0.05) is 23.2 Å². The third-order valence-corrected chi connectivity index (χ3v) is 8.00. The molecule has 2 aliphatic rings. The summed E-state index contributed by atoms with van der Waals surface area (Å²) in [5, 5.41) is 4.33. The number of ether oxygens (including phenoxy) is 1. The predicted octanol–water partition coefficient (Wildman–Crippen LogP) is 5.86. The Morgan fingerprint density at radius 2 is 1.81 bits per heavy atom. The Morgan fingerprint density at radius 3 is 2.53 bits per heavy atom. The van der Waals surface area contributed by atoms with Crippen LogP contribution in [-0.4, -0.2) is 35.1 Å². The highest BCUT2D eigenvalue weighted by Crippen LogP contribution is 2.37. The molecule has 0 spiro atoms. The van der Waals surface area contributed by atoms with Crippen molar-refractivity contribution in [3.63, 3.8) is 0 Å². The van der Waals surface area contributed by atoms with E-state index >= 15 is 0 Å². The second kappa shape index (κ2) is 10.00. The lowest BCUT2D eigenvalue weighted by atomic mass is 9.91. The number of nitrogens with one attached hydrogen (secondary N) is 1. The van der Waals surface area contributed by atoms with Crippen molar-refractivity contribution in [1.82, 2.24) is 9.88 Å². The molecule has 1 aromatic heterocycles. The van der Waals surface area contributed by atoms with Gasteiger partial charge in [-0.05, 0) is 62.1 Å². The van der Waals surface area contributed by atoms with Gasteiger partial charge in [-0.1, -0.05) is 51.2 Å². The van der Waals surface area contributed by atoms with Gasteiger partial charge in [0.25, 0.3) is 5.91 Å². The molecule has 0 radical (unpaired) electrons. The topological polar surface area (TPSA) is 63.6 Å². The number of carbonyl (C=O) groups excluding carboxylic acids is 2. The molecule has 6 heteroatoms. The second-order valence-corrected chi connectivity index (χ2v) is 10.5. The minimum atomic E-state index is -1.08. The molecule has 0 saturated heterocycles. The Balaban J connectivity index is 1.59. The van der Waals surface area contributed by atoms with Crippen LogP contribution in [0.25, 0.3) is 10.9 Å². The molecule has 36 heavy (non-hydrogen) atoms. The molecular weight excluding hydrogens is 450 g/mol. The van der Waals surface area contributed by atoms with E-state index in [9.17, 15) is 9.59 Å². The lowest BCUT2D eigenvalue weighted by Crippen LogP contribution is -2.65. The number of rotatable bonds is 5. The average Bonchev–Trinajstić information content (AvgIpc) is 3.23. The van der Waals surface area contributed by atoms with Gasteiger partial charge < -0.3 is 14.6 Å². The molecule has 0 bridgehead atoms. The van der Waals surface area contributed by atoms with Gasteiger partial charge >= 0.3 is 0 Å². The number of methoxy groups -OCH3 is 1. The first kappa shape index (κ1) is 24.4. The molecule has 1 aliphatic carbocycles. The summed E-state index contributed by atoms with van der Waals surface area (Å²) in [6.45, 7) is 4.39.